The summed E-state index contributed by atoms with van der Waals surface area (Å²) in [6, 6.07) is 5.17. The van der Waals surface area contributed by atoms with Gasteiger partial charge in [0.2, 0.25) is 0 Å². The minimum atomic E-state index is -4.30. The highest BCUT2D eigenvalue weighted by Gasteiger charge is 2.29. The standard InChI is InChI=1S/C17H20F3N5S/c18-17(19,20)14-3-1-13(2-4-14)5-6-22-15(21)24-8-10-25(11-9-24)16-23-7-12-26-16/h1-4,7,12H,5-6,8-11H2,(H2,21,22). The largest absolute Gasteiger partial charge is 0.416 e. The molecule has 26 heavy (non-hydrogen) atoms. The van der Waals surface area contributed by atoms with Gasteiger partial charge in [-0.1, -0.05) is 12.1 Å². The van der Waals surface area contributed by atoms with Crippen molar-refractivity contribution in [1.29, 1.82) is 0 Å². The van der Waals surface area contributed by atoms with Gasteiger partial charge in [0.1, 0.15) is 0 Å². The van der Waals surface area contributed by atoms with E-state index in [1.807, 2.05) is 10.3 Å². The summed E-state index contributed by atoms with van der Waals surface area (Å²) in [5, 5.41) is 2.97. The summed E-state index contributed by atoms with van der Waals surface area (Å²) in [5.74, 6) is 0.482. The average Bonchev–Trinajstić information content (AvgIpc) is 3.16. The predicted molar refractivity (Wildman–Crippen MR) is 97.5 cm³/mol. The second kappa shape index (κ2) is 7.94. The van der Waals surface area contributed by atoms with Crippen LogP contribution in [0.4, 0.5) is 18.3 Å². The Morgan fingerprint density at radius 2 is 1.85 bits per heavy atom. The number of thiazole rings is 1. The zero-order valence-corrected chi connectivity index (χ0v) is 14.9. The van der Waals surface area contributed by atoms with Crippen molar-refractivity contribution in [3.63, 3.8) is 0 Å². The maximum absolute atomic E-state index is 12.6. The number of hydrogen-bond acceptors (Lipinski definition) is 4. The lowest BCUT2D eigenvalue weighted by molar-refractivity contribution is -0.137. The molecule has 0 saturated carbocycles. The van der Waals surface area contributed by atoms with Crippen LogP contribution in [0.5, 0.6) is 0 Å². The summed E-state index contributed by atoms with van der Waals surface area (Å²) in [4.78, 5) is 12.9. The molecule has 0 radical (unpaired) electrons. The number of benzene rings is 1. The van der Waals surface area contributed by atoms with Crippen LogP contribution in [0.3, 0.4) is 0 Å². The fourth-order valence-electron chi connectivity index (χ4n) is 2.76. The number of nitrogens with two attached hydrogens (primary N) is 1. The molecule has 3 rings (SSSR count). The molecule has 1 saturated heterocycles. The maximum atomic E-state index is 12.6. The van der Waals surface area contributed by atoms with Gasteiger partial charge < -0.3 is 15.5 Å². The van der Waals surface area contributed by atoms with E-state index in [-0.39, 0.29) is 0 Å². The first-order chi connectivity index (χ1) is 12.4. The van der Waals surface area contributed by atoms with E-state index in [0.29, 0.717) is 18.9 Å². The Morgan fingerprint density at radius 1 is 1.15 bits per heavy atom. The van der Waals surface area contributed by atoms with Gasteiger partial charge in [0.25, 0.3) is 0 Å². The molecule has 0 atom stereocenters. The Bertz CT molecular complexity index is 720. The number of guanidine groups is 1. The van der Waals surface area contributed by atoms with Gasteiger partial charge in [-0.2, -0.15) is 13.2 Å². The van der Waals surface area contributed by atoms with Gasteiger partial charge in [0, 0.05) is 44.3 Å². The molecule has 1 aliphatic heterocycles. The van der Waals surface area contributed by atoms with E-state index < -0.39 is 11.7 Å². The average molecular weight is 383 g/mol. The molecule has 1 aromatic carbocycles. The molecule has 1 aliphatic rings. The number of halogens is 3. The molecule has 140 valence electrons. The van der Waals surface area contributed by atoms with E-state index in [1.54, 1.807) is 17.5 Å². The zero-order valence-electron chi connectivity index (χ0n) is 14.1. The normalized spacial score (nSPS) is 16.2. The molecular formula is C17H20F3N5S. The van der Waals surface area contributed by atoms with Crippen molar-refractivity contribution in [1.82, 2.24) is 9.88 Å². The highest BCUT2D eigenvalue weighted by molar-refractivity contribution is 7.13. The van der Waals surface area contributed by atoms with Crippen molar-refractivity contribution in [2.45, 2.75) is 12.6 Å². The van der Waals surface area contributed by atoms with E-state index in [1.165, 1.54) is 12.1 Å². The Kier molecular flexibility index (Phi) is 5.65. The Morgan fingerprint density at radius 3 is 2.42 bits per heavy atom. The molecule has 2 N–H and O–H groups in total. The fourth-order valence-corrected chi connectivity index (χ4v) is 3.46. The number of piperazine rings is 1. The van der Waals surface area contributed by atoms with Gasteiger partial charge in [0.15, 0.2) is 11.1 Å². The van der Waals surface area contributed by atoms with Crippen LogP contribution in [0.2, 0.25) is 0 Å². The van der Waals surface area contributed by atoms with Gasteiger partial charge in [-0.05, 0) is 24.1 Å². The first-order valence-corrected chi connectivity index (χ1v) is 9.17. The Balaban J connectivity index is 1.47. The van der Waals surface area contributed by atoms with Crippen LogP contribution in [0.1, 0.15) is 11.1 Å². The number of alkyl halides is 3. The summed E-state index contributed by atoms with van der Waals surface area (Å²) in [6.07, 6.45) is -1.96. The topological polar surface area (TPSA) is 57.8 Å². The number of aliphatic imine (C=N–C) groups is 1. The van der Waals surface area contributed by atoms with Crippen molar-refractivity contribution in [3.05, 3.63) is 47.0 Å². The van der Waals surface area contributed by atoms with E-state index in [9.17, 15) is 13.2 Å². The lowest BCUT2D eigenvalue weighted by Crippen LogP contribution is -2.51. The lowest BCUT2D eigenvalue weighted by atomic mass is 10.1. The molecule has 0 amide bonds. The van der Waals surface area contributed by atoms with Gasteiger partial charge in [-0.3, -0.25) is 4.99 Å². The Labute approximate surface area is 154 Å². The first-order valence-electron chi connectivity index (χ1n) is 8.29. The Hall–Kier alpha value is -2.29. The van der Waals surface area contributed by atoms with Gasteiger partial charge >= 0.3 is 6.18 Å². The maximum Gasteiger partial charge on any atom is 0.416 e. The van der Waals surface area contributed by atoms with Crippen molar-refractivity contribution in [2.24, 2.45) is 10.7 Å². The summed E-state index contributed by atoms with van der Waals surface area (Å²) in [5.41, 5.74) is 6.23. The van der Waals surface area contributed by atoms with Crippen LogP contribution in [-0.4, -0.2) is 48.6 Å². The second-order valence-corrected chi connectivity index (χ2v) is 6.85. The smallest absolute Gasteiger partial charge is 0.370 e. The third-order valence-electron chi connectivity index (χ3n) is 4.25. The molecule has 0 aliphatic carbocycles. The first kappa shape index (κ1) is 18.5. The van der Waals surface area contributed by atoms with Crippen molar-refractivity contribution < 1.29 is 13.2 Å². The van der Waals surface area contributed by atoms with Gasteiger partial charge in [-0.15, -0.1) is 11.3 Å². The van der Waals surface area contributed by atoms with Gasteiger partial charge in [-0.25, -0.2) is 4.98 Å². The fraction of sp³-hybridized carbons (Fsp3) is 0.412. The molecule has 1 aromatic heterocycles. The van der Waals surface area contributed by atoms with Crippen LogP contribution in [0, 0.1) is 0 Å². The molecule has 0 spiro atoms. The molecule has 2 heterocycles. The number of anilines is 1. The van der Waals surface area contributed by atoms with Crippen LogP contribution >= 0.6 is 11.3 Å². The third kappa shape index (κ3) is 4.66. The molecule has 2 aromatic rings. The highest BCUT2D eigenvalue weighted by Crippen LogP contribution is 2.29. The number of nitrogens with zero attached hydrogens (tertiary/aromatic N) is 4. The van der Waals surface area contributed by atoms with E-state index in [4.69, 9.17) is 5.73 Å². The summed E-state index contributed by atoms with van der Waals surface area (Å²) >= 11 is 1.62. The van der Waals surface area contributed by atoms with Crippen molar-refractivity contribution >= 4 is 22.4 Å². The van der Waals surface area contributed by atoms with Crippen molar-refractivity contribution in [2.75, 3.05) is 37.6 Å². The van der Waals surface area contributed by atoms with Crippen LogP contribution in [-0.2, 0) is 12.6 Å². The summed E-state index contributed by atoms with van der Waals surface area (Å²) < 4.78 is 37.7. The van der Waals surface area contributed by atoms with Crippen LogP contribution in [0.15, 0.2) is 40.8 Å². The number of hydrogen-bond donors (Lipinski definition) is 1. The summed E-state index contributed by atoms with van der Waals surface area (Å²) in [6.45, 7) is 3.67. The zero-order chi connectivity index (χ0) is 18.6. The minimum absolute atomic E-state index is 0.448. The van der Waals surface area contributed by atoms with Gasteiger partial charge in [0.05, 0.1) is 5.56 Å². The SMILES string of the molecule is NC(=NCCc1ccc(C(F)(F)F)cc1)N1CCN(c2nccs2)CC1. The minimum Gasteiger partial charge on any atom is -0.370 e. The quantitative estimate of drug-likeness (QED) is 0.652. The second-order valence-electron chi connectivity index (χ2n) is 5.97. The molecule has 5 nitrogen and oxygen atoms in total. The summed E-state index contributed by atoms with van der Waals surface area (Å²) in [7, 11) is 0. The van der Waals surface area contributed by atoms with E-state index in [2.05, 4.69) is 14.9 Å². The molecular weight excluding hydrogens is 363 g/mol. The lowest BCUT2D eigenvalue weighted by Gasteiger charge is -2.35. The van der Waals surface area contributed by atoms with E-state index >= 15 is 0 Å². The van der Waals surface area contributed by atoms with Crippen LogP contribution < -0.4 is 10.6 Å². The molecule has 0 bridgehead atoms. The number of rotatable bonds is 4. The monoisotopic (exact) mass is 383 g/mol. The molecule has 1 fully saturated rings. The third-order valence-corrected chi connectivity index (χ3v) is 5.08. The molecule has 9 heteroatoms. The highest BCUT2D eigenvalue weighted by atomic mass is 32.1. The van der Waals surface area contributed by atoms with E-state index in [0.717, 1.165) is 49.0 Å². The van der Waals surface area contributed by atoms with Crippen molar-refractivity contribution in [3.8, 4) is 0 Å². The molecule has 0 unspecified atom stereocenters. The predicted octanol–water partition coefficient (Wildman–Crippen LogP) is 2.84. The van der Waals surface area contributed by atoms with Crippen LogP contribution in [0.25, 0.3) is 0 Å². The number of aromatic nitrogens is 1.